The molecule has 0 radical (unpaired) electrons. The fourth-order valence-corrected chi connectivity index (χ4v) is 4.25. The Kier molecular flexibility index (Phi) is 8.97. The zero-order valence-electron chi connectivity index (χ0n) is 20.5. The first-order valence-electron chi connectivity index (χ1n) is 12.1. The second kappa shape index (κ2) is 12.6. The van der Waals surface area contributed by atoms with Crippen LogP contribution in [-0.2, 0) is 22.6 Å². The van der Waals surface area contributed by atoms with Crippen LogP contribution >= 0.6 is 0 Å². The van der Waals surface area contributed by atoms with Crippen molar-refractivity contribution in [3.8, 4) is 0 Å². The number of nitrogens with one attached hydrogen (secondary N) is 1. The Morgan fingerprint density at radius 2 is 1.83 bits per heavy atom. The van der Waals surface area contributed by atoms with Crippen molar-refractivity contribution < 1.29 is 19.4 Å². The molecule has 7 nitrogen and oxygen atoms in total. The molecule has 1 amide bonds. The standard InChI is InChI=1S/C29H33N3O4/c1-3-15-32(2)19-26-16-27(23-10-8-22(20-33)9-11-23)36-29(35-26)24-12-6-21(7-13-24)17-31-28(34)25-5-4-14-30-18-25/h3-14,18,26-27,29,33H,1,15-17,19-20H2,2H3,(H,31,34)/t26-,27+,29+/m1/s1. The van der Waals surface area contributed by atoms with E-state index in [0.717, 1.165) is 41.8 Å². The highest BCUT2D eigenvalue weighted by molar-refractivity contribution is 5.93. The fraction of sp³-hybridized carbons (Fsp3) is 0.310. The highest BCUT2D eigenvalue weighted by Crippen LogP contribution is 2.38. The molecule has 4 rings (SSSR count). The lowest BCUT2D eigenvalue weighted by Crippen LogP contribution is -2.37. The van der Waals surface area contributed by atoms with Crippen LogP contribution in [0, 0.1) is 0 Å². The van der Waals surface area contributed by atoms with Gasteiger partial charge < -0.3 is 24.8 Å². The molecule has 1 aromatic heterocycles. The SMILES string of the molecule is C=CCN(C)C[C@H]1C[C@@H](c2ccc(CO)cc2)O[C@@H](c2ccc(CNC(=O)c3cccnc3)cc2)O1. The van der Waals surface area contributed by atoms with Crippen molar-refractivity contribution in [3.63, 3.8) is 0 Å². The van der Waals surface area contributed by atoms with Gasteiger partial charge in [-0.15, -0.1) is 6.58 Å². The molecule has 3 atom stereocenters. The Morgan fingerprint density at radius 1 is 1.11 bits per heavy atom. The number of ether oxygens (including phenoxy) is 2. The Morgan fingerprint density at radius 3 is 2.50 bits per heavy atom. The molecule has 1 aliphatic heterocycles. The number of amides is 1. The van der Waals surface area contributed by atoms with E-state index >= 15 is 0 Å². The lowest BCUT2D eigenvalue weighted by Gasteiger charge is -2.37. The van der Waals surface area contributed by atoms with Crippen molar-refractivity contribution in [3.05, 3.63) is 114 Å². The van der Waals surface area contributed by atoms with Gasteiger partial charge in [0, 0.05) is 44.0 Å². The van der Waals surface area contributed by atoms with Crippen LogP contribution in [0.2, 0.25) is 0 Å². The van der Waals surface area contributed by atoms with E-state index in [1.807, 2.05) is 54.6 Å². The van der Waals surface area contributed by atoms with Crippen LogP contribution < -0.4 is 5.32 Å². The molecule has 1 fully saturated rings. The van der Waals surface area contributed by atoms with Crippen LogP contribution in [0.3, 0.4) is 0 Å². The Labute approximate surface area is 212 Å². The number of carbonyl (C=O) groups excluding carboxylic acids is 1. The van der Waals surface area contributed by atoms with E-state index in [1.165, 1.54) is 0 Å². The second-order valence-corrected chi connectivity index (χ2v) is 9.03. The molecule has 3 aromatic rings. The summed E-state index contributed by atoms with van der Waals surface area (Å²) in [5.74, 6) is -0.160. The van der Waals surface area contributed by atoms with Gasteiger partial charge in [-0.25, -0.2) is 0 Å². The predicted octanol–water partition coefficient (Wildman–Crippen LogP) is 4.17. The summed E-state index contributed by atoms with van der Waals surface area (Å²) in [6.07, 6.45) is 5.14. The van der Waals surface area contributed by atoms with Gasteiger partial charge in [0.15, 0.2) is 6.29 Å². The zero-order valence-corrected chi connectivity index (χ0v) is 20.5. The van der Waals surface area contributed by atoms with Gasteiger partial charge in [0.1, 0.15) is 0 Å². The first-order valence-corrected chi connectivity index (χ1v) is 12.1. The molecule has 0 bridgehead atoms. The van der Waals surface area contributed by atoms with Crippen LogP contribution in [0.25, 0.3) is 0 Å². The monoisotopic (exact) mass is 487 g/mol. The second-order valence-electron chi connectivity index (χ2n) is 9.03. The molecule has 0 unspecified atom stereocenters. The molecule has 2 aromatic carbocycles. The molecule has 2 heterocycles. The Balaban J connectivity index is 1.44. The van der Waals surface area contributed by atoms with Gasteiger partial charge >= 0.3 is 0 Å². The topological polar surface area (TPSA) is 83.9 Å². The molecule has 7 heteroatoms. The van der Waals surface area contributed by atoms with Crippen molar-refractivity contribution in [1.29, 1.82) is 0 Å². The number of aliphatic hydroxyl groups is 1. The fourth-order valence-electron chi connectivity index (χ4n) is 4.25. The lowest BCUT2D eigenvalue weighted by atomic mass is 9.99. The summed E-state index contributed by atoms with van der Waals surface area (Å²) < 4.78 is 12.8. The molecule has 36 heavy (non-hydrogen) atoms. The molecule has 2 N–H and O–H groups in total. The van der Waals surface area contributed by atoms with Gasteiger partial charge in [0.05, 0.1) is 24.4 Å². The number of carbonyl (C=O) groups is 1. The van der Waals surface area contributed by atoms with Gasteiger partial charge in [-0.05, 0) is 35.9 Å². The molecule has 188 valence electrons. The normalized spacial score (nSPS) is 19.7. The summed E-state index contributed by atoms with van der Waals surface area (Å²) in [4.78, 5) is 18.5. The van der Waals surface area contributed by atoms with Crippen molar-refractivity contribution in [1.82, 2.24) is 15.2 Å². The molecule has 0 aliphatic carbocycles. The van der Waals surface area contributed by atoms with Crippen LogP contribution in [0.4, 0.5) is 0 Å². The summed E-state index contributed by atoms with van der Waals surface area (Å²) in [5.41, 5.74) is 4.36. The minimum atomic E-state index is -0.512. The van der Waals surface area contributed by atoms with Crippen molar-refractivity contribution in [2.24, 2.45) is 0 Å². The predicted molar refractivity (Wildman–Crippen MR) is 138 cm³/mol. The number of rotatable bonds is 10. The van der Waals surface area contributed by atoms with Crippen LogP contribution in [0.15, 0.2) is 85.7 Å². The molecule has 0 spiro atoms. The first kappa shape index (κ1) is 25.7. The van der Waals surface area contributed by atoms with E-state index in [9.17, 15) is 9.90 Å². The van der Waals surface area contributed by atoms with Gasteiger partial charge in [-0.1, -0.05) is 54.6 Å². The number of nitrogens with zero attached hydrogens (tertiary/aromatic N) is 2. The number of likely N-dealkylation sites (N-methyl/N-ethyl adjacent to an activating group) is 1. The number of aliphatic hydroxyl groups excluding tert-OH is 1. The van der Waals surface area contributed by atoms with E-state index < -0.39 is 6.29 Å². The highest BCUT2D eigenvalue weighted by Gasteiger charge is 2.32. The Bertz CT molecular complexity index is 1120. The van der Waals surface area contributed by atoms with Crippen LogP contribution in [-0.4, -0.2) is 47.1 Å². The zero-order chi connectivity index (χ0) is 25.3. The van der Waals surface area contributed by atoms with Crippen molar-refractivity contribution in [2.75, 3.05) is 20.1 Å². The van der Waals surface area contributed by atoms with Gasteiger partial charge in [-0.2, -0.15) is 0 Å². The van der Waals surface area contributed by atoms with Gasteiger partial charge in [0.2, 0.25) is 0 Å². The van der Waals surface area contributed by atoms with Crippen LogP contribution in [0.1, 0.15) is 51.4 Å². The quantitative estimate of drug-likeness (QED) is 0.418. The average molecular weight is 488 g/mol. The third-order valence-corrected chi connectivity index (χ3v) is 6.20. The maximum Gasteiger partial charge on any atom is 0.253 e. The molecular weight excluding hydrogens is 454 g/mol. The van der Waals surface area contributed by atoms with E-state index in [0.29, 0.717) is 12.1 Å². The number of hydrogen-bond donors (Lipinski definition) is 2. The minimum absolute atomic E-state index is 0.0154. The van der Waals surface area contributed by atoms with Crippen LogP contribution in [0.5, 0.6) is 0 Å². The maximum absolute atomic E-state index is 12.3. The van der Waals surface area contributed by atoms with E-state index in [4.69, 9.17) is 9.47 Å². The third-order valence-electron chi connectivity index (χ3n) is 6.20. The number of benzene rings is 2. The average Bonchev–Trinajstić information content (AvgIpc) is 2.92. The molecule has 0 saturated carbocycles. The summed E-state index contributed by atoms with van der Waals surface area (Å²) in [7, 11) is 2.05. The number of pyridine rings is 1. The summed E-state index contributed by atoms with van der Waals surface area (Å²) >= 11 is 0. The third kappa shape index (κ3) is 6.86. The summed E-state index contributed by atoms with van der Waals surface area (Å²) in [5, 5.41) is 12.3. The van der Waals surface area contributed by atoms with Gasteiger partial charge in [-0.3, -0.25) is 9.78 Å². The molecule has 1 saturated heterocycles. The van der Waals surface area contributed by atoms with E-state index in [-0.39, 0.29) is 24.7 Å². The van der Waals surface area contributed by atoms with Crippen molar-refractivity contribution >= 4 is 5.91 Å². The minimum Gasteiger partial charge on any atom is -0.392 e. The van der Waals surface area contributed by atoms with Crippen molar-refractivity contribution in [2.45, 2.75) is 38.1 Å². The first-order chi connectivity index (χ1) is 17.6. The summed E-state index contributed by atoms with van der Waals surface area (Å²) in [6, 6.07) is 19.3. The smallest absolute Gasteiger partial charge is 0.253 e. The van der Waals surface area contributed by atoms with Gasteiger partial charge in [0.25, 0.3) is 5.91 Å². The van der Waals surface area contributed by atoms with E-state index in [2.05, 4.69) is 28.8 Å². The number of aromatic nitrogens is 1. The summed E-state index contributed by atoms with van der Waals surface area (Å²) in [6.45, 7) is 5.79. The van der Waals surface area contributed by atoms with E-state index in [1.54, 1.807) is 24.5 Å². The molecule has 1 aliphatic rings. The lowest BCUT2D eigenvalue weighted by molar-refractivity contribution is -0.252. The molecular formula is C29H33N3O4. The largest absolute Gasteiger partial charge is 0.392 e. The highest BCUT2D eigenvalue weighted by atomic mass is 16.7. The Hall–Kier alpha value is -3.36. The number of hydrogen-bond acceptors (Lipinski definition) is 6. The maximum atomic E-state index is 12.3.